The van der Waals surface area contributed by atoms with E-state index in [2.05, 4.69) is 58.8 Å². The van der Waals surface area contributed by atoms with Crippen LogP contribution >= 0.6 is 0 Å². The molecule has 0 amide bonds. The van der Waals surface area contributed by atoms with Crippen LogP contribution < -0.4 is 10.1 Å². The van der Waals surface area contributed by atoms with Crippen molar-refractivity contribution in [3.63, 3.8) is 0 Å². The monoisotopic (exact) mass is 505 g/mol. The Kier molecular flexibility index (Phi) is 6.24. The summed E-state index contributed by atoms with van der Waals surface area (Å²) in [5.41, 5.74) is 5.95. The lowest BCUT2D eigenvalue weighted by molar-refractivity contribution is 0.299. The standard InChI is InChI=1S/C33H35N3O2/c1-2-15-35-29(3-1)21-37-31-12-10-27(11-13-31)33(19-23-4-7-28(33)17-23)26-8-5-25(6-9-26)32-36-30(22-38-32)18-24-14-16-34-20-24/h1-3,5-6,8-13,15,22-24,28,34H,4,7,14,16-21H2/t23?,24?,28?,33-/m0/s1. The van der Waals surface area contributed by atoms with Gasteiger partial charge in [0, 0.05) is 17.2 Å². The highest BCUT2D eigenvalue weighted by atomic mass is 16.5. The van der Waals surface area contributed by atoms with Crippen LogP contribution in [0.1, 0.15) is 54.6 Å². The van der Waals surface area contributed by atoms with Gasteiger partial charge >= 0.3 is 0 Å². The number of nitrogens with zero attached hydrogens (tertiary/aromatic N) is 2. The summed E-state index contributed by atoms with van der Waals surface area (Å²) in [6.07, 6.45) is 11.1. The van der Waals surface area contributed by atoms with E-state index < -0.39 is 0 Å². The Bertz CT molecular complexity index is 1360. The second-order valence-electron chi connectivity index (χ2n) is 11.5. The molecule has 4 aromatic rings. The minimum Gasteiger partial charge on any atom is -0.487 e. The van der Waals surface area contributed by atoms with Crippen LogP contribution in [0.2, 0.25) is 0 Å². The molecule has 3 unspecified atom stereocenters. The third kappa shape index (κ3) is 4.43. The molecule has 0 spiro atoms. The van der Waals surface area contributed by atoms with Gasteiger partial charge in [-0.3, -0.25) is 4.98 Å². The van der Waals surface area contributed by atoms with E-state index >= 15 is 0 Å². The van der Waals surface area contributed by atoms with Crippen LogP contribution in [0.3, 0.4) is 0 Å². The van der Waals surface area contributed by atoms with Gasteiger partial charge in [0.25, 0.3) is 0 Å². The van der Waals surface area contributed by atoms with Crippen LogP contribution in [0, 0.1) is 17.8 Å². The molecule has 1 aliphatic heterocycles. The Hall–Kier alpha value is -3.44. The summed E-state index contributed by atoms with van der Waals surface area (Å²) in [6, 6.07) is 23.8. The maximum atomic E-state index is 6.04. The zero-order valence-corrected chi connectivity index (χ0v) is 21.8. The summed E-state index contributed by atoms with van der Waals surface area (Å²) in [4.78, 5) is 9.19. The molecule has 2 aromatic carbocycles. The summed E-state index contributed by atoms with van der Waals surface area (Å²) >= 11 is 0. The highest BCUT2D eigenvalue weighted by Crippen LogP contribution is 2.60. The third-order valence-electron chi connectivity index (χ3n) is 9.19. The van der Waals surface area contributed by atoms with E-state index in [1.807, 2.05) is 24.5 Å². The maximum Gasteiger partial charge on any atom is 0.226 e. The van der Waals surface area contributed by atoms with Crippen molar-refractivity contribution in [3.8, 4) is 17.2 Å². The molecule has 38 heavy (non-hydrogen) atoms. The van der Waals surface area contributed by atoms with Crippen LogP contribution in [0.5, 0.6) is 5.75 Å². The van der Waals surface area contributed by atoms with Crippen molar-refractivity contribution in [2.45, 2.75) is 50.5 Å². The average Bonchev–Trinajstić information content (AvgIpc) is 3.79. The number of hydrogen-bond acceptors (Lipinski definition) is 5. The highest BCUT2D eigenvalue weighted by molar-refractivity contribution is 5.56. The maximum absolute atomic E-state index is 6.04. The van der Waals surface area contributed by atoms with Crippen LogP contribution in [0.15, 0.2) is 83.6 Å². The van der Waals surface area contributed by atoms with Crippen LogP contribution in [0.4, 0.5) is 0 Å². The summed E-state index contributed by atoms with van der Waals surface area (Å²) in [7, 11) is 0. The zero-order chi connectivity index (χ0) is 25.4. The van der Waals surface area contributed by atoms with Gasteiger partial charge < -0.3 is 14.5 Å². The molecular formula is C33H35N3O2. The lowest BCUT2D eigenvalue weighted by atomic mass is 9.64. The molecule has 3 fully saturated rings. The number of benzene rings is 2. The number of fused-ring (bicyclic) bond motifs is 2. The molecule has 0 radical (unpaired) electrons. The Morgan fingerprint density at radius 3 is 2.45 bits per heavy atom. The predicted octanol–water partition coefficient (Wildman–Crippen LogP) is 6.57. The van der Waals surface area contributed by atoms with Crippen molar-refractivity contribution in [1.29, 1.82) is 0 Å². The quantitative estimate of drug-likeness (QED) is 0.293. The first-order chi connectivity index (χ1) is 18.8. The first-order valence-corrected chi connectivity index (χ1v) is 14.2. The fraction of sp³-hybridized carbons (Fsp3) is 0.394. The van der Waals surface area contributed by atoms with Gasteiger partial charge in [-0.1, -0.05) is 36.8 Å². The molecule has 5 heteroatoms. The topological polar surface area (TPSA) is 60.2 Å². The molecular weight excluding hydrogens is 470 g/mol. The van der Waals surface area contributed by atoms with Gasteiger partial charge in [0.05, 0.1) is 11.4 Å². The van der Waals surface area contributed by atoms with Crippen LogP contribution in [0.25, 0.3) is 11.5 Å². The largest absolute Gasteiger partial charge is 0.487 e. The van der Waals surface area contributed by atoms with E-state index in [-0.39, 0.29) is 5.41 Å². The number of oxazole rings is 1. The van der Waals surface area contributed by atoms with Gasteiger partial charge in [-0.2, -0.15) is 0 Å². The summed E-state index contributed by atoms with van der Waals surface area (Å²) in [5, 5.41) is 3.44. The Balaban J connectivity index is 1.12. The van der Waals surface area contributed by atoms with Gasteiger partial charge in [0.2, 0.25) is 5.89 Å². The van der Waals surface area contributed by atoms with Crippen molar-refractivity contribution in [3.05, 3.63) is 102 Å². The molecule has 2 bridgehead atoms. The lowest BCUT2D eigenvalue weighted by Gasteiger charge is -2.39. The molecule has 3 heterocycles. The smallest absolute Gasteiger partial charge is 0.226 e. The molecule has 5 nitrogen and oxygen atoms in total. The van der Waals surface area contributed by atoms with Crippen molar-refractivity contribution >= 4 is 0 Å². The number of pyridine rings is 1. The van der Waals surface area contributed by atoms with Gasteiger partial charge in [0.15, 0.2) is 0 Å². The molecule has 1 saturated heterocycles. The fourth-order valence-electron chi connectivity index (χ4n) is 7.32. The summed E-state index contributed by atoms with van der Waals surface area (Å²) < 4.78 is 11.9. The molecule has 2 aromatic heterocycles. The second-order valence-corrected chi connectivity index (χ2v) is 11.5. The van der Waals surface area contributed by atoms with E-state index in [1.165, 1.54) is 43.2 Å². The van der Waals surface area contributed by atoms with E-state index in [0.29, 0.717) is 18.4 Å². The van der Waals surface area contributed by atoms with Crippen molar-refractivity contribution in [2.24, 2.45) is 17.8 Å². The number of aromatic nitrogens is 2. The minimum absolute atomic E-state index is 0.0676. The SMILES string of the molecule is c1ccc(COc2ccc([C@@]3(c4ccc(-c5nc(CC6CCNC6)co5)cc4)CC4CCC3C4)cc2)nc1. The molecule has 2 aliphatic carbocycles. The average molecular weight is 506 g/mol. The van der Waals surface area contributed by atoms with Crippen LogP contribution in [-0.2, 0) is 18.4 Å². The Labute approximate surface area is 224 Å². The predicted molar refractivity (Wildman–Crippen MR) is 148 cm³/mol. The summed E-state index contributed by atoms with van der Waals surface area (Å²) in [5.74, 6) is 3.79. The third-order valence-corrected chi connectivity index (χ3v) is 9.19. The highest BCUT2D eigenvalue weighted by Gasteiger charge is 2.52. The van der Waals surface area contributed by atoms with Gasteiger partial charge in [0.1, 0.15) is 18.6 Å². The van der Waals surface area contributed by atoms with E-state index in [0.717, 1.165) is 54.0 Å². The first-order valence-electron chi connectivity index (χ1n) is 14.2. The number of hydrogen-bond donors (Lipinski definition) is 1. The molecule has 7 rings (SSSR count). The number of nitrogens with one attached hydrogen (secondary N) is 1. The lowest BCUT2D eigenvalue weighted by Crippen LogP contribution is -2.34. The van der Waals surface area contributed by atoms with Gasteiger partial charge in [-0.05, 0) is 110 Å². The summed E-state index contributed by atoms with van der Waals surface area (Å²) in [6.45, 7) is 2.68. The second kappa shape index (κ2) is 10.0. The molecule has 194 valence electrons. The molecule has 1 N–H and O–H groups in total. The normalized spacial score (nSPS) is 26.2. The Morgan fingerprint density at radius 2 is 1.76 bits per heavy atom. The minimum atomic E-state index is 0.0676. The van der Waals surface area contributed by atoms with E-state index in [9.17, 15) is 0 Å². The van der Waals surface area contributed by atoms with Crippen LogP contribution in [-0.4, -0.2) is 23.1 Å². The van der Waals surface area contributed by atoms with Crippen molar-refractivity contribution in [2.75, 3.05) is 13.1 Å². The van der Waals surface area contributed by atoms with Gasteiger partial charge in [-0.15, -0.1) is 0 Å². The molecule has 2 saturated carbocycles. The number of rotatable bonds is 8. The first kappa shape index (κ1) is 23.7. The Morgan fingerprint density at radius 1 is 0.921 bits per heavy atom. The number of ether oxygens (including phenoxy) is 1. The zero-order valence-electron chi connectivity index (χ0n) is 21.8. The van der Waals surface area contributed by atoms with Crippen molar-refractivity contribution < 1.29 is 9.15 Å². The molecule has 4 atom stereocenters. The van der Waals surface area contributed by atoms with Crippen molar-refractivity contribution in [1.82, 2.24) is 15.3 Å². The van der Waals surface area contributed by atoms with Gasteiger partial charge in [-0.25, -0.2) is 4.98 Å². The molecule has 3 aliphatic rings. The fourth-order valence-corrected chi connectivity index (χ4v) is 7.32. The van der Waals surface area contributed by atoms with E-state index in [1.54, 1.807) is 6.20 Å². The van der Waals surface area contributed by atoms with E-state index in [4.69, 9.17) is 14.1 Å².